The minimum atomic E-state index is -1.27. The molecule has 0 unspecified atom stereocenters. The maximum atomic E-state index is 13.6. The number of anilines is 1. The zero-order chi connectivity index (χ0) is 29.8. The molecule has 2 amide bonds. The first kappa shape index (κ1) is 30.1. The first-order chi connectivity index (χ1) is 19.3. The van der Waals surface area contributed by atoms with E-state index in [2.05, 4.69) is 84.6 Å². The van der Waals surface area contributed by atoms with Crippen molar-refractivity contribution in [3.05, 3.63) is 94.7 Å². The SMILES string of the molecule is O=C1c2c(Br)c(Br)c(Br)c(Br)c2C(=O)C1c1ccc2c(Br)ccc(N3C(=O)c4c(Cl)c(Cl)c(Cl)c(Cl)c4C3=O)c2n1. The van der Waals surface area contributed by atoms with Crippen molar-refractivity contribution >= 4 is 166 Å². The fraction of sp³-hybridized carbons (Fsp3) is 0.0385. The predicted octanol–water partition coefficient (Wildman–Crippen LogP) is 10.6. The molecule has 6 nitrogen and oxygen atoms in total. The van der Waals surface area contributed by atoms with Crippen molar-refractivity contribution < 1.29 is 19.2 Å². The van der Waals surface area contributed by atoms with Crippen LogP contribution in [0.5, 0.6) is 0 Å². The number of hydrogen-bond acceptors (Lipinski definition) is 5. The van der Waals surface area contributed by atoms with E-state index in [1.54, 1.807) is 18.2 Å². The van der Waals surface area contributed by atoms with Crippen molar-refractivity contribution in [2.24, 2.45) is 0 Å². The van der Waals surface area contributed by atoms with Gasteiger partial charge < -0.3 is 0 Å². The molecule has 41 heavy (non-hydrogen) atoms. The van der Waals surface area contributed by atoms with Crippen LogP contribution in [-0.4, -0.2) is 28.4 Å². The number of hydrogen-bond donors (Lipinski definition) is 0. The number of aromatic nitrogens is 1. The van der Waals surface area contributed by atoms with Crippen molar-refractivity contribution in [1.29, 1.82) is 0 Å². The smallest absolute Gasteiger partial charge is 0.267 e. The molecule has 1 aliphatic heterocycles. The molecule has 0 atom stereocenters. The minimum Gasteiger partial charge on any atom is -0.293 e. The number of halogens is 9. The number of amides is 2. The minimum absolute atomic E-state index is 0.0823. The second kappa shape index (κ2) is 10.6. The van der Waals surface area contributed by atoms with E-state index >= 15 is 0 Å². The largest absolute Gasteiger partial charge is 0.293 e. The summed E-state index contributed by atoms with van der Waals surface area (Å²) < 4.78 is 2.56. The first-order valence-electron chi connectivity index (χ1n) is 11.1. The number of benzene rings is 3. The Morgan fingerprint density at radius 2 is 1.10 bits per heavy atom. The van der Waals surface area contributed by atoms with E-state index in [0.29, 0.717) is 27.7 Å². The highest BCUT2D eigenvalue weighted by molar-refractivity contribution is 9.15. The predicted molar refractivity (Wildman–Crippen MR) is 176 cm³/mol. The van der Waals surface area contributed by atoms with E-state index in [0.717, 1.165) is 4.90 Å². The maximum absolute atomic E-state index is 13.6. The van der Waals surface area contributed by atoms with Gasteiger partial charge >= 0.3 is 0 Å². The summed E-state index contributed by atoms with van der Waals surface area (Å²) in [6.45, 7) is 0. The molecule has 4 aromatic rings. The molecule has 15 heteroatoms. The molecule has 2 aliphatic rings. The highest BCUT2D eigenvalue weighted by atomic mass is 79.9. The Morgan fingerprint density at radius 3 is 1.59 bits per heavy atom. The summed E-state index contributed by atoms with van der Waals surface area (Å²) >= 11 is 42.1. The number of pyridine rings is 1. The monoisotopic (exact) mass is 943 g/mol. The topological polar surface area (TPSA) is 84.4 Å². The summed E-state index contributed by atoms with van der Waals surface area (Å²) in [6, 6.07) is 6.35. The van der Waals surface area contributed by atoms with Gasteiger partial charge in [0.1, 0.15) is 5.92 Å². The Labute approximate surface area is 292 Å². The lowest BCUT2D eigenvalue weighted by atomic mass is 9.98. The molecule has 0 radical (unpaired) electrons. The maximum Gasteiger partial charge on any atom is 0.267 e. The van der Waals surface area contributed by atoms with Gasteiger partial charge in [-0.3, -0.25) is 19.2 Å². The molecule has 0 saturated heterocycles. The van der Waals surface area contributed by atoms with E-state index in [-0.39, 0.29) is 59.2 Å². The molecule has 6 rings (SSSR count). The molecule has 0 spiro atoms. The van der Waals surface area contributed by atoms with Gasteiger partial charge in [0.25, 0.3) is 11.8 Å². The van der Waals surface area contributed by atoms with Gasteiger partial charge in [0.2, 0.25) is 0 Å². The molecule has 2 heterocycles. The number of carbonyl (C=O) groups excluding carboxylic acids is 4. The number of ketones is 2. The van der Waals surface area contributed by atoms with Crippen LogP contribution in [0.15, 0.2) is 46.6 Å². The van der Waals surface area contributed by atoms with Crippen molar-refractivity contribution in [2.75, 3.05) is 4.90 Å². The summed E-state index contributed by atoms with van der Waals surface area (Å²) in [6.07, 6.45) is 0. The molecule has 0 N–H and O–H groups in total. The third kappa shape index (κ3) is 4.21. The second-order valence-electron chi connectivity index (χ2n) is 8.82. The third-order valence-corrected chi connectivity index (χ3v) is 14.0. The number of imide groups is 1. The Balaban J connectivity index is 1.54. The zero-order valence-corrected chi connectivity index (χ0v) is 30.3. The number of carbonyl (C=O) groups is 4. The van der Waals surface area contributed by atoms with E-state index in [1.807, 2.05) is 0 Å². The number of nitrogens with zero attached hydrogens (tertiary/aromatic N) is 2. The third-order valence-electron chi connectivity index (χ3n) is 6.73. The summed E-state index contributed by atoms with van der Waals surface area (Å²) in [5.74, 6) is -3.75. The lowest BCUT2D eigenvalue weighted by Gasteiger charge is -2.18. The van der Waals surface area contributed by atoms with Crippen LogP contribution in [0.4, 0.5) is 5.69 Å². The van der Waals surface area contributed by atoms with Crippen LogP contribution >= 0.6 is 126 Å². The number of fused-ring (bicyclic) bond motifs is 3. The average molecular weight is 951 g/mol. The van der Waals surface area contributed by atoms with Crippen LogP contribution in [0.3, 0.4) is 0 Å². The van der Waals surface area contributed by atoms with Crippen molar-refractivity contribution in [1.82, 2.24) is 4.98 Å². The van der Waals surface area contributed by atoms with Crippen LogP contribution in [0.2, 0.25) is 20.1 Å². The number of Topliss-reactive ketones (excluding diaryl/α,β-unsaturated/α-hetero) is 2. The van der Waals surface area contributed by atoms with Gasteiger partial charge in [-0.2, -0.15) is 0 Å². The van der Waals surface area contributed by atoms with E-state index in [9.17, 15) is 19.2 Å². The highest BCUT2D eigenvalue weighted by Gasteiger charge is 2.46. The lowest BCUT2D eigenvalue weighted by Crippen LogP contribution is -2.30. The Bertz CT molecular complexity index is 1910. The zero-order valence-electron chi connectivity index (χ0n) is 19.3. The summed E-state index contributed by atoms with van der Waals surface area (Å²) in [7, 11) is 0. The molecule has 3 aromatic carbocycles. The van der Waals surface area contributed by atoms with Crippen LogP contribution in [0, 0.1) is 0 Å². The van der Waals surface area contributed by atoms with Crippen LogP contribution in [0.25, 0.3) is 10.9 Å². The van der Waals surface area contributed by atoms with Crippen molar-refractivity contribution in [3.8, 4) is 0 Å². The van der Waals surface area contributed by atoms with Gasteiger partial charge in [-0.15, -0.1) is 0 Å². The molecular weight excluding hydrogens is 946 g/mol. The quantitative estimate of drug-likeness (QED) is 0.0865. The molecule has 1 aromatic heterocycles. The van der Waals surface area contributed by atoms with Crippen LogP contribution < -0.4 is 4.90 Å². The van der Waals surface area contributed by atoms with E-state index in [1.165, 1.54) is 6.07 Å². The molecule has 0 saturated carbocycles. The Hall–Kier alpha value is -0.890. The Kier molecular flexibility index (Phi) is 7.81. The lowest BCUT2D eigenvalue weighted by molar-refractivity contribution is 0.0881. The molecular formula is C26H5Br5Cl4N2O4. The molecule has 0 bridgehead atoms. The van der Waals surface area contributed by atoms with Gasteiger partial charge in [-0.25, -0.2) is 9.88 Å². The molecule has 0 fully saturated rings. The van der Waals surface area contributed by atoms with Gasteiger partial charge in [0.15, 0.2) is 11.6 Å². The Morgan fingerprint density at radius 1 is 0.610 bits per heavy atom. The van der Waals surface area contributed by atoms with Gasteiger partial charge in [-0.1, -0.05) is 62.3 Å². The standard InChI is InChI=1S/C26H5Br5Cl4N2O4/c27-6-2-4-8(37-25(40)12-13(26(37)41)19(33)21(35)20(34)18(12)32)22-5(6)1-3-7(36-22)9-23(38)10-11(24(9)39)15(29)17(31)16(30)14(10)28/h1-4,9H. The summed E-state index contributed by atoms with van der Waals surface area (Å²) in [5.41, 5.74) is 0.421. The van der Waals surface area contributed by atoms with E-state index < -0.39 is 29.3 Å². The number of rotatable bonds is 2. The fourth-order valence-electron chi connectivity index (χ4n) is 4.86. The first-order valence-corrected chi connectivity index (χ1v) is 16.5. The summed E-state index contributed by atoms with van der Waals surface area (Å²) in [4.78, 5) is 60.0. The van der Waals surface area contributed by atoms with Crippen molar-refractivity contribution in [3.63, 3.8) is 0 Å². The van der Waals surface area contributed by atoms with E-state index in [4.69, 9.17) is 46.4 Å². The molecule has 206 valence electrons. The fourth-order valence-corrected chi connectivity index (χ4v) is 8.84. The average Bonchev–Trinajstić information content (AvgIpc) is 3.36. The summed E-state index contributed by atoms with van der Waals surface area (Å²) in [5, 5.41) is -0.218. The van der Waals surface area contributed by atoms with Gasteiger partial charge in [0, 0.05) is 38.9 Å². The second-order valence-corrected chi connectivity index (χ2v) is 14.4. The normalized spacial score (nSPS) is 15.0. The highest BCUT2D eigenvalue weighted by Crippen LogP contribution is 2.49. The molecule has 1 aliphatic carbocycles. The van der Waals surface area contributed by atoms with Crippen LogP contribution in [0.1, 0.15) is 53.0 Å². The van der Waals surface area contributed by atoms with Crippen LogP contribution in [-0.2, 0) is 0 Å². The van der Waals surface area contributed by atoms with Crippen molar-refractivity contribution in [2.45, 2.75) is 5.92 Å². The van der Waals surface area contributed by atoms with Gasteiger partial charge in [0.05, 0.1) is 48.1 Å². The van der Waals surface area contributed by atoms with Gasteiger partial charge in [-0.05, 0) is 88.0 Å².